The summed E-state index contributed by atoms with van der Waals surface area (Å²) in [5.41, 5.74) is 1.71. The minimum Gasteiger partial charge on any atom is -0.369 e. The maximum Gasteiger partial charge on any atom is 0.176 e. The Hall–Kier alpha value is -3.60. The minimum atomic E-state index is -1.41. The van der Waals surface area contributed by atoms with Gasteiger partial charge in [-0.3, -0.25) is 0 Å². The molecule has 0 bridgehead atoms. The second-order valence-electron chi connectivity index (χ2n) is 7.55. The van der Waals surface area contributed by atoms with E-state index in [1.165, 1.54) is 0 Å². The third-order valence-corrected chi connectivity index (χ3v) is 5.58. The fourth-order valence-electron chi connectivity index (χ4n) is 3.74. The molecular weight excluding hydrogens is 364 g/mol. The fourth-order valence-corrected chi connectivity index (χ4v) is 3.74. The van der Waals surface area contributed by atoms with Gasteiger partial charge in [0.2, 0.25) is 0 Å². The Morgan fingerprint density at radius 2 is 0.767 bits per heavy atom. The fraction of sp³-hybridized carbons (Fsp3) is 0.103. The predicted octanol–water partition coefficient (Wildman–Crippen LogP) is 5.93. The average Bonchev–Trinajstić information content (AvgIpc) is 2.84. The molecule has 0 aliphatic carbocycles. The van der Waals surface area contributed by atoms with Crippen LogP contribution in [0, 0.1) is 11.8 Å². The largest absolute Gasteiger partial charge is 0.369 e. The molecule has 4 aromatic carbocycles. The Labute approximate surface area is 178 Å². The van der Waals surface area contributed by atoms with Crippen LogP contribution in [0.2, 0.25) is 0 Å². The van der Waals surface area contributed by atoms with Crippen LogP contribution in [0.1, 0.15) is 29.2 Å². The molecule has 146 valence electrons. The van der Waals surface area contributed by atoms with E-state index in [9.17, 15) is 5.11 Å². The minimum absolute atomic E-state index is 0.569. The summed E-state index contributed by atoms with van der Waals surface area (Å²) in [7, 11) is 0. The number of hydrogen-bond acceptors (Lipinski definition) is 1. The molecule has 30 heavy (non-hydrogen) atoms. The topological polar surface area (TPSA) is 20.2 Å². The van der Waals surface area contributed by atoms with E-state index in [4.69, 9.17) is 0 Å². The molecule has 0 aliphatic rings. The molecule has 0 aromatic heterocycles. The lowest BCUT2D eigenvalue weighted by Gasteiger charge is -2.28. The summed E-state index contributed by atoms with van der Waals surface area (Å²) in [6, 6.07) is 39.8. The first-order valence-corrected chi connectivity index (χ1v) is 10.1. The average molecular weight is 389 g/mol. The summed E-state index contributed by atoms with van der Waals surface area (Å²) in [6.07, 6.45) is 0. The van der Waals surface area contributed by atoms with Crippen molar-refractivity contribution < 1.29 is 5.11 Å². The first-order chi connectivity index (χ1) is 14.6. The third-order valence-electron chi connectivity index (χ3n) is 5.58. The molecule has 4 rings (SSSR count). The van der Waals surface area contributed by atoms with Crippen LogP contribution in [0.15, 0.2) is 121 Å². The SMILES string of the molecule is CC(C#CC(O)(c1ccccc1)c1ccccc1)(c1ccccc1)c1ccccc1. The summed E-state index contributed by atoms with van der Waals surface area (Å²) >= 11 is 0. The van der Waals surface area contributed by atoms with Crippen LogP contribution in [0.4, 0.5) is 0 Å². The van der Waals surface area contributed by atoms with Crippen molar-refractivity contribution in [3.05, 3.63) is 144 Å². The van der Waals surface area contributed by atoms with Gasteiger partial charge in [-0.15, -0.1) is 0 Å². The Kier molecular flexibility index (Phi) is 5.53. The molecule has 0 saturated carbocycles. The zero-order chi connectivity index (χ0) is 20.9. The summed E-state index contributed by atoms with van der Waals surface area (Å²) in [5.74, 6) is 6.74. The van der Waals surface area contributed by atoms with Gasteiger partial charge >= 0.3 is 0 Å². The quantitative estimate of drug-likeness (QED) is 0.430. The maximum absolute atomic E-state index is 11.8. The lowest BCUT2D eigenvalue weighted by Crippen LogP contribution is -2.28. The third kappa shape index (κ3) is 3.79. The van der Waals surface area contributed by atoms with Crippen LogP contribution in [0.3, 0.4) is 0 Å². The van der Waals surface area contributed by atoms with Crippen molar-refractivity contribution >= 4 is 0 Å². The molecule has 4 aromatic rings. The van der Waals surface area contributed by atoms with E-state index >= 15 is 0 Å². The van der Waals surface area contributed by atoms with E-state index in [0.717, 1.165) is 22.3 Å². The molecule has 0 unspecified atom stereocenters. The van der Waals surface area contributed by atoms with E-state index in [-0.39, 0.29) is 0 Å². The number of hydrogen-bond donors (Lipinski definition) is 1. The highest BCUT2D eigenvalue weighted by atomic mass is 16.3. The van der Waals surface area contributed by atoms with Crippen LogP contribution in [0.5, 0.6) is 0 Å². The maximum atomic E-state index is 11.8. The van der Waals surface area contributed by atoms with Crippen LogP contribution in [-0.2, 0) is 11.0 Å². The standard InChI is InChI=1S/C29H24O/c1-28(24-14-6-2-7-15-24,25-16-8-3-9-17-25)22-23-29(30,26-18-10-4-11-19-26)27-20-12-5-13-21-27/h2-21,30H,1H3. The molecule has 0 fully saturated rings. The second-order valence-corrected chi connectivity index (χ2v) is 7.55. The van der Waals surface area contributed by atoms with E-state index in [1.807, 2.05) is 97.1 Å². The molecule has 1 nitrogen and oxygen atoms in total. The molecule has 0 spiro atoms. The summed E-state index contributed by atoms with van der Waals surface area (Å²) in [5, 5.41) is 11.8. The zero-order valence-corrected chi connectivity index (χ0v) is 17.0. The number of benzene rings is 4. The molecule has 0 aliphatic heterocycles. The summed E-state index contributed by atoms with van der Waals surface area (Å²) in [4.78, 5) is 0. The smallest absolute Gasteiger partial charge is 0.176 e. The van der Waals surface area contributed by atoms with Crippen molar-refractivity contribution in [2.45, 2.75) is 17.9 Å². The summed E-state index contributed by atoms with van der Waals surface area (Å²) in [6.45, 7) is 2.11. The first kappa shape index (κ1) is 19.7. The predicted molar refractivity (Wildman–Crippen MR) is 123 cm³/mol. The van der Waals surface area contributed by atoms with Gasteiger partial charge in [0.05, 0.1) is 5.41 Å². The van der Waals surface area contributed by atoms with Crippen molar-refractivity contribution in [3.8, 4) is 11.8 Å². The Balaban J connectivity index is 1.92. The molecule has 0 radical (unpaired) electrons. The van der Waals surface area contributed by atoms with Gasteiger partial charge in [-0.2, -0.15) is 0 Å². The van der Waals surface area contributed by atoms with Gasteiger partial charge in [-0.05, 0) is 18.1 Å². The molecular formula is C29H24O. The monoisotopic (exact) mass is 388 g/mol. The lowest BCUT2D eigenvalue weighted by atomic mass is 9.75. The van der Waals surface area contributed by atoms with Gasteiger partial charge in [0, 0.05) is 11.1 Å². The first-order valence-electron chi connectivity index (χ1n) is 10.1. The normalized spacial score (nSPS) is 11.4. The highest BCUT2D eigenvalue weighted by Crippen LogP contribution is 2.34. The Morgan fingerprint density at radius 1 is 0.467 bits per heavy atom. The van der Waals surface area contributed by atoms with Crippen molar-refractivity contribution in [1.29, 1.82) is 0 Å². The van der Waals surface area contributed by atoms with Crippen LogP contribution in [-0.4, -0.2) is 5.11 Å². The van der Waals surface area contributed by atoms with Gasteiger partial charge < -0.3 is 5.11 Å². The summed E-state index contributed by atoms with van der Waals surface area (Å²) < 4.78 is 0. The van der Waals surface area contributed by atoms with E-state index in [0.29, 0.717) is 0 Å². The van der Waals surface area contributed by atoms with E-state index < -0.39 is 11.0 Å². The second kappa shape index (κ2) is 8.41. The molecule has 1 heteroatoms. The van der Waals surface area contributed by atoms with E-state index in [1.54, 1.807) is 0 Å². The van der Waals surface area contributed by atoms with Gasteiger partial charge in [-0.1, -0.05) is 133 Å². The molecule has 0 heterocycles. The molecule has 0 amide bonds. The van der Waals surface area contributed by atoms with Crippen molar-refractivity contribution in [1.82, 2.24) is 0 Å². The molecule has 0 saturated heterocycles. The molecule has 0 atom stereocenters. The highest BCUT2D eigenvalue weighted by molar-refractivity contribution is 5.51. The highest BCUT2D eigenvalue weighted by Gasteiger charge is 2.32. The molecule has 1 N–H and O–H groups in total. The Bertz CT molecular complexity index is 966. The van der Waals surface area contributed by atoms with Gasteiger partial charge in [0.25, 0.3) is 0 Å². The van der Waals surface area contributed by atoms with Crippen LogP contribution < -0.4 is 0 Å². The van der Waals surface area contributed by atoms with E-state index in [2.05, 4.69) is 43.0 Å². The number of aliphatic hydroxyl groups is 1. The van der Waals surface area contributed by atoms with Gasteiger partial charge in [0.15, 0.2) is 5.60 Å². The van der Waals surface area contributed by atoms with Gasteiger partial charge in [-0.25, -0.2) is 0 Å². The van der Waals surface area contributed by atoms with Crippen molar-refractivity contribution in [3.63, 3.8) is 0 Å². The Morgan fingerprint density at radius 3 is 1.10 bits per heavy atom. The van der Waals surface area contributed by atoms with Crippen LogP contribution in [0.25, 0.3) is 0 Å². The number of rotatable bonds is 4. The van der Waals surface area contributed by atoms with Crippen molar-refractivity contribution in [2.75, 3.05) is 0 Å². The zero-order valence-electron chi connectivity index (χ0n) is 17.0. The van der Waals surface area contributed by atoms with Crippen LogP contribution >= 0.6 is 0 Å². The van der Waals surface area contributed by atoms with Gasteiger partial charge in [0.1, 0.15) is 0 Å². The lowest BCUT2D eigenvalue weighted by molar-refractivity contribution is 0.145. The van der Waals surface area contributed by atoms with Crippen molar-refractivity contribution in [2.24, 2.45) is 0 Å².